The Morgan fingerprint density at radius 3 is 1.80 bits per heavy atom. The number of aromatic hydroxyl groups is 1. The first kappa shape index (κ1) is 12.3. The van der Waals surface area contributed by atoms with Gasteiger partial charge in [-0.15, -0.1) is 0 Å². The molecule has 0 aliphatic carbocycles. The molecule has 0 unspecified atom stereocenters. The van der Waals surface area contributed by atoms with Crippen molar-refractivity contribution in [3.05, 3.63) is 72.8 Å². The van der Waals surface area contributed by atoms with Crippen molar-refractivity contribution in [1.82, 2.24) is 0 Å². The third-order valence-corrected chi connectivity index (χ3v) is 3.37. The normalized spacial score (nSPS) is 10.4. The maximum absolute atomic E-state index is 9.91. The lowest BCUT2D eigenvalue weighted by Gasteiger charge is -2.14. The predicted molar refractivity (Wildman–Crippen MR) is 83.4 cm³/mol. The van der Waals surface area contributed by atoms with Gasteiger partial charge in [0.15, 0.2) is 0 Å². The molecule has 0 saturated carbocycles. The van der Waals surface area contributed by atoms with Gasteiger partial charge in [-0.05, 0) is 28.8 Å². The molecule has 3 aromatic rings. The highest BCUT2D eigenvalue weighted by Gasteiger charge is 2.13. The molecule has 3 rings (SSSR count). The summed E-state index contributed by atoms with van der Waals surface area (Å²) in [6.07, 6.45) is 0. The van der Waals surface area contributed by atoms with Crippen molar-refractivity contribution >= 4 is 5.69 Å². The van der Waals surface area contributed by atoms with E-state index in [-0.39, 0.29) is 5.75 Å². The van der Waals surface area contributed by atoms with Gasteiger partial charge in [-0.3, -0.25) is 0 Å². The molecule has 0 atom stereocenters. The Bertz CT molecular complexity index is 721. The van der Waals surface area contributed by atoms with E-state index >= 15 is 0 Å². The molecule has 2 nitrogen and oxygen atoms in total. The SMILES string of the molecule is Nc1c(O)ccc(-c2ccccc2)c1-c1ccccc1. The first-order chi connectivity index (χ1) is 9.77. The number of phenols is 1. The summed E-state index contributed by atoms with van der Waals surface area (Å²) in [4.78, 5) is 0. The Morgan fingerprint density at radius 2 is 1.20 bits per heavy atom. The molecule has 3 aromatic carbocycles. The van der Waals surface area contributed by atoms with E-state index in [0.29, 0.717) is 5.69 Å². The van der Waals surface area contributed by atoms with E-state index in [1.807, 2.05) is 66.7 Å². The Balaban J connectivity index is 2.29. The molecule has 0 saturated heterocycles. The van der Waals surface area contributed by atoms with Gasteiger partial charge in [0.1, 0.15) is 5.75 Å². The largest absolute Gasteiger partial charge is 0.506 e. The van der Waals surface area contributed by atoms with Gasteiger partial charge in [-0.1, -0.05) is 60.7 Å². The Kier molecular flexibility index (Phi) is 3.13. The van der Waals surface area contributed by atoms with Crippen molar-refractivity contribution in [3.8, 4) is 28.0 Å². The van der Waals surface area contributed by atoms with Gasteiger partial charge in [0, 0.05) is 5.56 Å². The fraction of sp³-hybridized carbons (Fsp3) is 0. The molecule has 0 aromatic heterocycles. The van der Waals surface area contributed by atoms with E-state index in [1.165, 1.54) is 0 Å². The van der Waals surface area contributed by atoms with Crippen molar-refractivity contribution < 1.29 is 5.11 Å². The third-order valence-electron chi connectivity index (χ3n) is 3.37. The predicted octanol–water partition coefficient (Wildman–Crippen LogP) is 4.31. The zero-order valence-corrected chi connectivity index (χ0v) is 11.0. The standard InChI is InChI=1S/C18H15NO/c19-18-16(20)12-11-15(13-7-3-1-4-8-13)17(18)14-9-5-2-6-10-14/h1-12,20H,19H2. The number of hydrogen-bond acceptors (Lipinski definition) is 2. The highest BCUT2D eigenvalue weighted by Crippen LogP contribution is 2.40. The van der Waals surface area contributed by atoms with Crippen LogP contribution in [0.3, 0.4) is 0 Å². The van der Waals surface area contributed by atoms with E-state index in [4.69, 9.17) is 5.73 Å². The monoisotopic (exact) mass is 261 g/mol. The summed E-state index contributed by atoms with van der Waals surface area (Å²) in [5.74, 6) is 0.114. The molecule has 0 heterocycles. The summed E-state index contributed by atoms with van der Waals surface area (Å²) >= 11 is 0. The molecule has 20 heavy (non-hydrogen) atoms. The van der Waals surface area contributed by atoms with Gasteiger partial charge in [-0.25, -0.2) is 0 Å². The maximum atomic E-state index is 9.91. The number of rotatable bonds is 2. The van der Waals surface area contributed by atoms with E-state index in [9.17, 15) is 5.11 Å². The molecular weight excluding hydrogens is 246 g/mol. The van der Waals surface area contributed by atoms with Crippen LogP contribution in [0.15, 0.2) is 72.8 Å². The van der Waals surface area contributed by atoms with Crippen LogP contribution < -0.4 is 5.73 Å². The molecule has 0 spiro atoms. The highest BCUT2D eigenvalue weighted by atomic mass is 16.3. The average Bonchev–Trinajstić information content (AvgIpc) is 2.51. The van der Waals surface area contributed by atoms with Crippen LogP contribution in [0.4, 0.5) is 5.69 Å². The number of nitrogen functional groups attached to an aromatic ring is 1. The van der Waals surface area contributed by atoms with Crippen molar-refractivity contribution in [2.24, 2.45) is 0 Å². The lowest BCUT2D eigenvalue weighted by molar-refractivity contribution is 0.478. The van der Waals surface area contributed by atoms with Gasteiger partial charge in [-0.2, -0.15) is 0 Å². The van der Waals surface area contributed by atoms with E-state index in [1.54, 1.807) is 6.07 Å². The second-order valence-corrected chi connectivity index (χ2v) is 4.65. The fourth-order valence-corrected chi connectivity index (χ4v) is 2.38. The Labute approximate surface area is 118 Å². The van der Waals surface area contributed by atoms with Crippen LogP contribution in [-0.4, -0.2) is 5.11 Å². The molecule has 0 bridgehead atoms. The molecule has 98 valence electrons. The second kappa shape index (κ2) is 5.10. The molecule has 0 aliphatic heterocycles. The van der Waals surface area contributed by atoms with E-state index in [0.717, 1.165) is 22.3 Å². The average molecular weight is 261 g/mol. The topological polar surface area (TPSA) is 46.2 Å². The molecular formula is C18H15NO. The van der Waals surface area contributed by atoms with Crippen LogP contribution >= 0.6 is 0 Å². The molecule has 0 amide bonds. The van der Waals surface area contributed by atoms with Gasteiger partial charge in [0.25, 0.3) is 0 Å². The van der Waals surface area contributed by atoms with E-state index in [2.05, 4.69) is 0 Å². The summed E-state index contributed by atoms with van der Waals surface area (Å²) in [6.45, 7) is 0. The Morgan fingerprint density at radius 1 is 0.650 bits per heavy atom. The smallest absolute Gasteiger partial charge is 0.139 e. The van der Waals surface area contributed by atoms with Gasteiger partial charge in [0.05, 0.1) is 5.69 Å². The summed E-state index contributed by atoms with van der Waals surface area (Å²) in [6, 6.07) is 23.5. The number of benzene rings is 3. The van der Waals surface area contributed by atoms with Crippen molar-refractivity contribution in [2.45, 2.75) is 0 Å². The Hall–Kier alpha value is -2.74. The minimum absolute atomic E-state index is 0.114. The van der Waals surface area contributed by atoms with E-state index < -0.39 is 0 Å². The maximum Gasteiger partial charge on any atom is 0.139 e. The summed E-state index contributed by atoms with van der Waals surface area (Å²) in [5, 5.41) is 9.91. The van der Waals surface area contributed by atoms with Gasteiger partial charge in [0.2, 0.25) is 0 Å². The first-order valence-corrected chi connectivity index (χ1v) is 6.49. The summed E-state index contributed by atoms with van der Waals surface area (Å²) in [7, 11) is 0. The van der Waals surface area contributed by atoms with Crippen molar-refractivity contribution in [3.63, 3.8) is 0 Å². The van der Waals surface area contributed by atoms with Crippen LogP contribution in [0, 0.1) is 0 Å². The molecule has 0 fully saturated rings. The summed E-state index contributed by atoms with van der Waals surface area (Å²) < 4.78 is 0. The number of hydrogen-bond donors (Lipinski definition) is 2. The summed E-state index contributed by atoms with van der Waals surface area (Å²) in [5.41, 5.74) is 10.5. The second-order valence-electron chi connectivity index (χ2n) is 4.65. The van der Waals surface area contributed by atoms with Gasteiger partial charge >= 0.3 is 0 Å². The minimum atomic E-state index is 0.114. The van der Waals surface area contributed by atoms with Crippen LogP contribution in [0.25, 0.3) is 22.3 Å². The molecule has 0 aliphatic rings. The zero-order valence-electron chi connectivity index (χ0n) is 11.0. The van der Waals surface area contributed by atoms with Crippen molar-refractivity contribution in [2.75, 3.05) is 5.73 Å². The molecule has 0 radical (unpaired) electrons. The number of anilines is 1. The number of nitrogens with two attached hydrogens (primary N) is 1. The lowest BCUT2D eigenvalue weighted by atomic mass is 9.93. The lowest BCUT2D eigenvalue weighted by Crippen LogP contribution is -1.94. The van der Waals surface area contributed by atoms with Crippen LogP contribution in [0.2, 0.25) is 0 Å². The molecule has 2 heteroatoms. The van der Waals surface area contributed by atoms with Crippen LogP contribution in [0.5, 0.6) is 5.75 Å². The van der Waals surface area contributed by atoms with Crippen LogP contribution in [-0.2, 0) is 0 Å². The van der Waals surface area contributed by atoms with Gasteiger partial charge < -0.3 is 10.8 Å². The number of phenolic OH excluding ortho intramolecular Hbond substituents is 1. The quantitative estimate of drug-likeness (QED) is 0.533. The zero-order chi connectivity index (χ0) is 13.9. The van der Waals surface area contributed by atoms with Crippen LogP contribution in [0.1, 0.15) is 0 Å². The van der Waals surface area contributed by atoms with Crippen molar-refractivity contribution in [1.29, 1.82) is 0 Å². The minimum Gasteiger partial charge on any atom is -0.506 e. The molecule has 3 N–H and O–H groups in total. The highest BCUT2D eigenvalue weighted by molar-refractivity contribution is 5.93. The first-order valence-electron chi connectivity index (χ1n) is 6.49. The fourth-order valence-electron chi connectivity index (χ4n) is 2.38. The third kappa shape index (κ3) is 2.12.